The highest BCUT2D eigenvalue weighted by molar-refractivity contribution is 8.00. The van der Waals surface area contributed by atoms with Gasteiger partial charge in [0.15, 0.2) is 11.5 Å². The van der Waals surface area contributed by atoms with Crippen molar-refractivity contribution in [2.75, 3.05) is 20.8 Å². The first-order valence-electron chi connectivity index (χ1n) is 10.3. The molecule has 0 bridgehead atoms. The van der Waals surface area contributed by atoms with E-state index < -0.39 is 5.25 Å². The zero-order valence-electron chi connectivity index (χ0n) is 18.1. The third-order valence-electron chi connectivity index (χ3n) is 5.26. The number of amides is 2. The van der Waals surface area contributed by atoms with Crippen LogP contribution in [0.3, 0.4) is 0 Å². The fourth-order valence-corrected chi connectivity index (χ4v) is 4.63. The number of hydrogen-bond acceptors (Lipinski definition) is 8. The van der Waals surface area contributed by atoms with Crippen LogP contribution in [0.1, 0.15) is 29.6 Å². The van der Waals surface area contributed by atoms with E-state index in [4.69, 9.17) is 25.5 Å². The maximum absolute atomic E-state index is 13.2. The van der Waals surface area contributed by atoms with Crippen LogP contribution >= 0.6 is 23.4 Å². The van der Waals surface area contributed by atoms with Crippen molar-refractivity contribution in [2.24, 2.45) is 0 Å². The molecule has 0 N–H and O–H groups in total. The number of methoxy groups -OCH3 is 2. The molecular weight excluding hydrogens is 466 g/mol. The molecule has 4 rings (SSSR count). The molecule has 2 heterocycles. The normalized spacial score (nSPS) is 16.4. The zero-order valence-corrected chi connectivity index (χ0v) is 19.7. The number of benzene rings is 2. The summed E-state index contributed by atoms with van der Waals surface area (Å²) in [5.41, 5.74) is 1.09. The quantitative estimate of drug-likeness (QED) is 0.461. The number of carbonyl (C=O) groups is 2. The van der Waals surface area contributed by atoms with Gasteiger partial charge < -0.3 is 13.9 Å². The van der Waals surface area contributed by atoms with E-state index in [9.17, 15) is 9.59 Å². The SMILES string of the molecule is COc1ccc(-c2nnc(S[C@@H]3CCCCN(C(=O)c4ccc(Cl)cc4)C3=O)o2)cc1OC. The Morgan fingerprint density at radius 3 is 2.58 bits per heavy atom. The molecule has 0 spiro atoms. The molecule has 1 fully saturated rings. The average molecular weight is 488 g/mol. The lowest BCUT2D eigenvalue weighted by atomic mass is 10.2. The average Bonchev–Trinajstić information content (AvgIpc) is 3.23. The summed E-state index contributed by atoms with van der Waals surface area (Å²) in [6.45, 7) is 0.373. The third kappa shape index (κ3) is 5.15. The first-order valence-corrected chi connectivity index (χ1v) is 11.6. The summed E-state index contributed by atoms with van der Waals surface area (Å²) >= 11 is 7.09. The van der Waals surface area contributed by atoms with Crippen LogP contribution in [0.4, 0.5) is 0 Å². The summed E-state index contributed by atoms with van der Waals surface area (Å²) in [7, 11) is 3.11. The lowest BCUT2D eigenvalue weighted by Gasteiger charge is -2.21. The summed E-state index contributed by atoms with van der Waals surface area (Å²) in [6, 6.07) is 11.8. The molecule has 0 radical (unpaired) electrons. The molecule has 1 saturated heterocycles. The highest BCUT2D eigenvalue weighted by Gasteiger charge is 2.33. The monoisotopic (exact) mass is 487 g/mol. The van der Waals surface area contributed by atoms with Crippen molar-refractivity contribution in [3.63, 3.8) is 0 Å². The number of imide groups is 1. The van der Waals surface area contributed by atoms with E-state index in [0.717, 1.165) is 12.8 Å². The van der Waals surface area contributed by atoms with Crippen LogP contribution < -0.4 is 9.47 Å². The van der Waals surface area contributed by atoms with E-state index in [1.54, 1.807) is 56.7 Å². The maximum atomic E-state index is 13.2. The van der Waals surface area contributed by atoms with Crippen molar-refractivity contribution in [3.05, 3.63) is 53.1 Å². The Hall–Kier alpha value is -3.04. The van der Waals surface area contributed by atoms with Crippen molar-refractivity contribution < 1.29 is 23.5 Å². The molecular formula is C23H22ClN3O5S. The van der Waals surface area contributed by atoms with Gasteiger partial charge in [0.2, 0.25) is 11.8 Å². The lowest BCUT2D eigenvalue weighted by Crippen LogP contribution is -2.41. The minimum atomic E-state index is -0.498. The second-order valence-corrected chi connectivity index (χ2v) is 8.94. The molecule has 1 aliphatic rings. The van der Waals surface area contributed by atoms with E-state index in [1.165, 1.54) is 16.7 Å². The molecule has 10 heteroatoms. The molecule has 172 valence electrons. The van der Waals surface area contributed by atoms with Gasteiger partial charge in [-0.1, -0.05) is 29.8 Å². The number of hydrogen-bond donors (Lipinski definition) is 0. The Bertz CT molecular complexity index is 1150. The lowest BCUT2D eigenvalue weighted by molar-refractivity contribution is -0.127. The summed E-state index contributed by atoms with van der Waals surface area (Å²) < 4.78 is 16.4. The number of aromatic nitrogens is 2. The van der Waals surface area contributed by atoms with Gasteiger partial charge in [-0.2, -0.15) is 0 Å². The van der Waals surface area contributed by atoms with E-state index in [1.807, 2.05) is 0 Å². The van der Waals surface area contributed by atoms with Crippen LogP contribution in [-0.4, -0.2) is 52.9 Å². The Labute approximate surface area is 200 Å². The number of carbonyl (C=O) groups excluding carboxylic acids is 2. The second kappa shape index (κ2) is 10.3. The molecule has 0 unspecified atom stereocenters. The molecule has 1 aliphatic heterocycles. The van der Waals surface area contributed by atoms with Gasteiger partial charge in [0, 0.05) is 22.7 Å². The van der Waals surface area contributed by atoms with Crippen molar-refractivity contribution in [1.29, 1.82) is 0 Å². The first kappa shape index (κ1) is 23.1. The third-order valence-corrected chi connectivity index (χ3v) is 6.60. The molecule has 0 aliphatic carbocycles. The zero-order chi connectivity index (χ0) is 23.4. The molecule has 2 amide bonds. The van der Waals surface area contributed by atoms with Gasteiger partial charge in [-0.3, -0.25) is 14.5 Å². The van der Waals surface area contributed by atoms with Crippen molar-refractivity contribution in [2.45, 2.75) is 29.7 Å². The number of halogens is 1. The van der Waals surface area contributed by atoms with Crippen LogP contribution in [-0.2, 0) is 4.79 Å². The summed E-state index contributed by atoms with van der Waals surface area (Å²) in [4.78, 5) is 27.5. The fraction of sp³-hybridized carbons (Fsp3) is 0.304. The Kier molecular flexibility index (Phi) is 7.20. The number of nitrogens with zero attached hydrogens (tertiary/aromatic N) is 3. The smallest absolute Gasteiger partial charge is 0.277 e. The van der Waals surface area contributed by atoms with Gasteiger partial charge in [-0.25, -0.2) is 0 Å². The minimum Gasteiger partial charge on any atom is -0.493 e. The van der Waals surface area contributed by atoms with Crippen molar-refractivity contribution in [1.82, 2.24) is 15.1 Å². The highest BCUT2D eigenvalue weighted by atomic mass is 35.5. The predicted molar refractivity (Wildman–Crippen MR) is 124 cm³/mol. The summed E-state index contributed by atoms with van der Waals surface area (Å²) in [5, 5.41) is 8.49. The molecule has 1 atom stereocenters. The molecule has 8 nitrogen and oxygen atoms in total. The van der Waals surface area contributed by atoms with Crippen molar-refractivity contribution >= 4 is 35.2 Å². The van der Waals surface area contributed by atoms with Gasteiger partial charge in [0.25, 0.3) is 11.1 Å². The number of ether oxygens (including phenoxy) is 2. The van der Waals surface area contributed by atoms with E-state index in [0.29, 0.717) is 46.5 Å². The number of thioether (sulfide) groups is 1. The molecule has 33 heavy (non-hydrogen) atoms. The van der Waals surface area contributed by atoms with Crippen LogP contribution in [0.25, 0.3) is 11.5 Å². The van der Waals surface area contributed by atoms with Crippen LogP contribution in [0, 0.1) is 0 Å². The van der Waals surface area contributed by atoms with Gasteiger partial charge in [0.1, 0.15) is 0 Å². The summed E-state index contributed by atoms with van der Waals surface area (Å²) in [6.07, 6.45) is 2.16. The predicted octanol–water partition coefficient (Wildman–Crippen LogP) is 4.72. The standard InChI is InChI=1S/C23H22ClN3O5S/c1-30-17-11-8-15(13-18(17)31-2)20-25-26-23(32-20)33-19-5-3-4-12-27(22(19)29)21(28)14-6-9-16(24)10-7-14/h6-11,13,19H,3-5,12H2,1-2H3/t19-/m1/s1. The van der Waals surface area contributed by atoms with Gasteiger partial charge >= 0.3 is 0 Å². The highest BCUT2D eigenvalue weighted by Crippen LogP contribution is 2.35. The minimum absolute atomic E-state index is 0.261. The maximum Gasteiger partial charge on any atom is 0.277 e. The van der Waals surface area contributed by atoms with E-state index >= 15 is 0 Å². The van der Waals surface area contributed by atoms with Gasteiger partial charge in [0.05, 0.1) is 19.5 Å². The van der Waals surface area contributed by atoms with Gasteiger partial charge in [-0.05, 0) is 55.3 Å². The number of rotatable bonds is 6. The Morgan fingerprint density at radius 1 is 1.09 bits per heavy atom. The molecule has 0 saturated carbocycles. The van der Waals surface area contributed by atoms with Crippen LogP contribution in [0.15, 0.2) is 52.1 Å². The van der Waals surface area contributed by atoms with Crippen LogP contribution in [0.2, 0.25) is 5.02 Å². The summed E-state index contributed by atoms with van der Waals surface area (Å²) in [5.74, 6) is 0.834. The van der Waals surface area contributed by atoms with Crippen molar-refractivity contribution in [3.8, 4) is 23.0 Å². The molecule has 2 aromatic carbocycles. The van der Waals surface area contributed by atoms with E-state index in [-0.39, 0.29) is 17.0 Å². The largest absolute Gasteiger partial charge is 0.493 e. The number of likely N-dealkylation sites (tertiary alicyclic amines) is 1. The van der Waals surface area contributed by atoms with Gasteiger partial charge in [-0.15, -0.1) is 10.2 Å². The van der Waals surface area contributed by atoms with Crippen LogP contribution in [0.5, 0.6) is 11.5 Å². The second-order valence-electron chi connectivity index (χ2n) is 7.35. The molecule has 3 aromatic rings. The fourth-order valence-electron chi connectivity index (χ4n) is 3.53. The Morgan fingerprint density at radius 2 is 1.85 bits per heavy atom. The Balaban J connectivity index is 1.50. The molecule has 1 aromatic heterocycles. The first-order chi connectivity index (χ1) is 16.0. The topological polar surface area (TPSA) is 94.8 Å². The van der Waals surface area contributed by atoms with E-state index in [2.05, 4.69) is 10.2 Å².